The number of hydrogen-bond donors (Lipinski definition) is 0. The van der Waals surface area contributed by atoms with Crippen LogP contribution in [0.1, 0.15) is 5.69 Å². The lowest BCUT2D eigenvalue weighted by Crippen LogP contribution is -1.94. The molecule has 0 aliphatic heterocycles. The molecule has 0 aliphatic carbocycles. The topological polar surface area (TPSA) is 31.4 Å². The molecule has 0 fully saturated rings. The van der Waals surface area contributed by atoms with Gasteiger partial charge < -0.3 is 9.47 Å². The second-order valence-corrected chi connectivity index (χ2v) is 3.08. The van der Waals surface area contributed by atoms with E-state index in [1.165, 1.54) is 0 Å². The van der Waals surface area contributed by atoms with Gasteiger partial charge in [0.25, 0.3) is 0 Å². The molecule has 1 rings (SSSR count). The van der Waals surface area contributed by atoms with E-state index in [9.17, 15) is 0 Å². The Balaban J connectivity index is 3.22. The molecule has 0 radical (unpaired) electrons. The maximum absolute atomic E-state index is 5.10. The summed E-state index contributed by atoms with van der Waals surface area (Å²) in [5.41, 5.74) is 0.868. The number of pyridine rings is 1. The van der Waals surface area contributed by atoms with Crippen molar-refractivity contribution in [3.8, 4) is 11.6 Å². The van der Waals surface area contributed by atoms with Crippen LogP contribution >= 0.6 is 15.9 Å². The van der Waals surface area contributed by atoms with Gasteiger partial charge in [-0.3, -0.25) is 0 Å². The normalized spacial score (nSPS) is 9.67. The zero-order valence-electron chi connectivity index (χ0n) is 7.22. The molecule has 4 heteroatoms. The van der Waals surface area contributed by atoms with E-state index in [-0.39, 0.29) is 0 Å². The summed E-state index contributed by atoms with van der Waals surface area (Å²) < 4.78 is 10.9. The summed E-state index contributed by atoms with van der Waals surface area (Å²) in [7, 11) is 3.19. The van der Waals surface area contributed by atoms with Crippen LogP contribution in [0.25, 0.3) is 0 Å². The highest BCUT2D eigenvalue weighted by molar-refractivity contribution is 9.10. The Morgan fingerprint density at radius 3 is 2.50 bits per heavy atom. The molecule has 1 heterocycles. The Bertz CT molecular complexity index is 263. The lowest BCUT2D eigenvalue weighted by Gasteiger charge is -2.07. The minimum absolute atomic E-state index is 0.548. The van der Waals surface area contributed by atoms with Crippen molar-refractivity contribution in [1.29, 1.82) is 0 Å². The van der Waals surface area contributed by atoms with Gasteiger partial charge in [0.15, 0.2) is 0 Å². The van der Waals surface area contributed by atoms with Crippen molar-refractivity contribution in [3.05, 3.63) is 16.2 Å². The van der Waals surface area contributed by atoms with E-state index in [0.29, 0.717) is 5.88 Å². The second-order valence-electron chi connectivity index (χ2n) is 2.29. The van der Waals surface area contributed by atoms with E-state index >= 15 is 0 Å². The number of aromatic nitrogens is 1. The molecule has 0 N–H and O–H groups in total. The largest absolute Gasteiger partial charge is 0.495 e. The molecule has 0 amide bonds. The molecule has 0 saturated heterocycles. The van der Waals surface area contributed by atoms with E-state index in [2.05, 4.69) is 20.9 Å². The third-order valence-corrected chi connectivity index (χ3v) is 2.17. The van der Waals surface area contributed by atoms with Crippen LogP contribution in [0.4, 0.5) is 0 Å². The maximum atomic E-state index is 5.10. The average molecular weight is 232 g/mol. The molecular formula is C8H10BrNO2. The Kier molecular flexibility index (Phi) is 2.92. The van der Waals surface area contributed by atoms with Crippen LogP contribution in [0.3, 0.4) is 0 Å². The zero-order valence-corrected chi connectivity index (χ0v) is 8.81. The summed E-state index contributed by atoms with van der Waals surface area (Å²) in [6.45, 7) is 1.89. The predicted octanol–water partition coefficient (Wildman–Crippen LogP) is 2.17. The van der Waals surface area contributed by atoms with E-state index < -0.39 is 0 Å². The molecule has 0 aromatic carbocycles. The minimum Gasteiger partial charge on any atom is -0.495 e. The number of ether oxygens (including phenoxy) is 2. The molecule has 0 atom stereocenters. The molecular weight excluding hydrogens is 222 g/mol. The Morgan fingerprint density at radius 2 is 2.00 bits per heavy atom. The highest BCUT2D eigenvalue weighted by atomic mass is 79.9. The third-order valence-electron chi connectivity index (χ3n) is 1.44. The quantitative estimate of drug-likeness (QED) is 0.782. The number of methoxy groups -OCH3 is 2. The number of rotatable bonds is 2. The van der Waals surface area contributed by atoms with Crippen LogP contribution in [0.15, 0.2) is 10.5 Å². The standard InChI is InChI=1S/C8H10BrNO2/c1-5-4-6(11-2)7(9)8(10-5)12-3/h4H,1-3H3. The Labute approximate surface area is 79.8 Å². The number of nitrogens with zero attached hydrogens (tertiary/aromatic N) is 1. The van der Waals surface area contributed by atoms with E-state index in [1.54, 1.807) is 14.2 Å². The van der Waals surface area contributed by atoms with Crippen molar-refractivity contribution in [2.24, 2.45) is 0 Å². The fourth-order valence-electron chi connectivity index (χ4n) is 0.884. The van der Waals surface area contributed by atoms with Crippen molar-refractivity contribution in [3.63, 3.8) is 0 Å². The zero-order chi connectivity index (χ0) is 9.14. The van der Waals surface area contributed by atoms with Gasteiger partial charge in [-0.2, -0.15) is 0 Å². The highest BCUT2D eigenvalue weighted by Gasteiger charge is 2.08. The monoisotopic (exact) mass is 231 g/mol. The summed E-state index contributed by atoms with van der Waals surface area (Å²) in [5.74, 6) is 1.28. The van der Waals surface area contributed by atoms with Gasteiger partial charge >= 0.3 is 0 Å². The highest BCUT2D eigenvalue weighted by Crippen LogP contribution is 2.32. The summed E-state index contributed by atoms with van der Waals surface area (Å²) in [6.07, 6.45) is 0. The Hall–Kier alpha value is -0.770. The van der Waals surface area contributed by atoms with Crippen LogP contribution in [0, 0.1) is 6.92 Å². The van der Waals surface area contributed by atoms with Crippen LogP contribution in [0.5, 0.6) is 11.6 Å². The van der Waals surface area contributed by atoms with Gasteiger partial charge in [-0.15, -0.1) is 0 Å². The molecule has 0 saturated carbocycles. The fourth-order valence-corrected chi connectivity index (χ4v) is 1.41. The first-order chi connectivity index (χ1) is 5.69. The molecule has 0 aliphatic rings. The van der Waals surface area contributed by atoms with Crippen molar-refractivity contribution in [1.82, 2.24) is 4.98 Å². The van der Waals surface area contributed by atoms with Gasteiger partial charge in [-0.05, 0) is 22.9 Å². The Morgan fingerprint density at radius 1 is 1.33 bits per heavy atom. The molecule has 0 unspecified atom stereocenters. The molecule has 0 spiro atoms. The second kappa shape index (κ2) is 3.76. The van der Waals surface area contributed by atoms with Gasteiger partial charge in [0.2, 0.25) is 5.88 Å². The maximum Gasteiger partial charge on any atom is 0.231 e. The third kappa shape index (κ3) is 1.69. The lowest BCUT2D eigenvalue weighted by molar-refractivity contribution is 0.376. The van der Waals surface area contributed by atoms with Gasteiger partial charge in [0, 0.05) is 11.8 Å². The van der Waals surface area contributed by atoms with Crippen LogP contribution in [-0.2, 0) is 0 Å². The molecule has 1 aromatic rings. The molecule has 3 nitrogen and oxygen atoms in total. The van der Waals surface area contributed by atoms with Crippen molar-refractivity contribution < 1.29 is 9.47 Å². The predicted molar refractivity (Wildman–Crippen MR) is 49.8 cm³/mol. The van der Waals surface area contributed by atoms with Crippen LogP contribution < -0.4 is 9.47 Å². The van der Waals surface area contributed by atoms with E-state index in [0.717, 1.165) is 15.9 Å². The first-order valence-corrected chi connectivity index (χ1v) is 4.23. The fraction of sp³-hybridized carbons (Fsp3) is 0.375. The van der Waals surface area contributed by atoms with E-state index in [1.807, 2.05) is 13.0 Å². The number of hydrogen-bond acceptors (Lipinski definition) is 3. The SMILES string of the molecule is COc1cc(C)nc(OC)c1Br. The van der Waals surface area contributed by atoms with Gasteiger partial charge in [0.05, 0.1) is 14.2 Å². The summed E-state index contributed by atoms with van der Waals surface area (Å²) in [6, 6.07) is 1.84. The lowest BCUT2D eigenvalue weighted by atomic mass is 10.3. The number of aryl methyl sites for hydroxylation is 1. The number of halogens is 1. The summed E-state index contributed by atoms with van der Waals surface area (Å²) >= 11 is 3.32. The summed E-state index contributed by atoms with van der Waals surface area (Å²) in [5, 5.41) is 0. The minimum atomic E-state index is 0.548. The molecule has 66 valence electrons. The van der Waals surface area contributed by atoms with Crippen molar-refractivity contribution >= 4 is 15.9 Å². The van der Waals surface area contributed by atoms with Crippen molar-refractivity contribution in [2.75, 3.05) is 14.2 Å². The first-order valence-electron chi connectivity index (χ1n) is 3.44. The molecule has 12 heavy (non-hydrogen) atoms. The first kappa shape index (κ1) is 9.32. The average Bonchev–Trinajstić information content (AvgIpc) is 2.08. The van der Waals surface area contributed by atoms with E-state index in [4.69, 9.17) is 9.47 Å². The van der Waals surface area contributed by atoms with Crippen molar-refractivity contribution in [2.45, 2.75) is 6.92 Å². The van der Waals surface area contributed by atoms with Gasteiger partial charge in [-0.1, -0.05) is 0 Å². The molecule has 1 aromatic heterocycles. The smallest absolute Gasteiger partial charge is 0.231 e. The van der Waals surface area contributed by atoms with Gasteiger partial charge in [-0.25, -0.2) is 4.98 Å². The van der Waals surface area contributed by atoms with Crippen LogP contribution in [0.2, 0.25) is 0 Å². The van der Waals surface area contributed by atoms with Crippen LogP contribution in [-0.4, -0.2) is 19.2 Å². The van der Waals surface area contributed by atoms with Gasteiger partial charge in [0.1, 0.15) is 10.2 Å². The molecule has 0 bridgehead atoms. The summed E-state index contributed by atoms with van der Waals surface area (Å²) in [4.78, 5) is 4.15.